The van der Waals surface area contributed by atoms with Crippen LogP contribution in [0.3, 0.4) is 0 Å². The maximum Gasteiger partial charge on any atom is 0.472 e. The highest BCUT2D eigenvalue weighted by molar-refractivity contribution is 7.47. The Balaban J connectivity index is 5.47. The summed E-state index contributed by atoms with van der Waals surface area (Å²) in [5.41, 5.74) is 0. The van der Waals surface area contributed by atoms with E-state index in [-0.39, 0.29) is 25.7 Å². The molecule has 0 heterocycles. The third kappa shape index (κ3) is 70.8. The normalized spacial score (nSPS) is 14.9. The van der Waals surface area contributed by atoms with Crippen molar-refractivity contribution in [1.82, 2.24) is 0 Å². The Hall–Kier alpha value is -5.58. The van der Waals surface area contributed by atoms with Crippen LogP contribution in [0.25, 0.3) is 0 Å². The van der Waals surface area contributed by atoms with Crippen molar-refractivity contribution in [2.24, 2.45) is 0 Å². The molecule has 0 saturated heterocycles. The highest BCUT2D eigenvalue weighted by atomic mass is 31.2. The average Bonchev–Trinajstić information content (AvgIpc) is 0.953. The van der Waals surface area contributed by atoms with E-state index in [0.29, 0.717) is 32.1 Å². The number of carbonyl (C=O) groups is 4. The Morgan fingerprint density at radius 2 is 0.580 bits per heavy atom. The van der Waals surface area contributed by atoms with Crippen LogP contribution in [-0.2, 0) is 65.4 Å². The molecular weight excluding hydrogens is 1310 g/mol. The van der Waals surface area contributed by atoms with E-state index in [0.717, 1.165) is 135 Å². The van der Waals surface area contributed by atoms with E-state index in [9.17, 15) is 43.2 Å². The lowest BCUT2D eigenvalue weighted by Gasteiger charge is -2.21. The number of allylic oxidation sites excluding steroid dienone is 27. The first-order valence-electron chi connectivity index (χ1n) is 37.4. The molecule has 19 heteroatoms. The van der Waals surface area contributed by atoms with Gasteiger partial charge in [-0.05, 0) is 122 Å². The van der Waals surface area contributed by atoms with Gasteiger partial charge in [0.05, 0.1) is 32.8 Å². The lowest BCUT2D eigenvalue weighted by molar-refractivity contribution is -0.161. The Morgan fingerprint density at radius 1 is 0.300 bits per heavy atom. The van der Waals surface area contributed by atoms with Crippen LogP contribution >= 0.6 is 15.6 Å². The molecule has 0 aromatic carbocycles. The summed E-state index contributed by atoms with van der Waals surface area (Å²) in [6.07, 6.45) is 84.0. The molecule has 0 saturated carbocycles. The van der Waals surface area contributed by atoms with E-state index in [4.69, 9.17) is 37.0 Å². The van der Waals surface area contributed by atoms with Crippen LogP contribution in [0, 0.1) is 0 Å². The summed E-state index contributed by atoms with van der Waals surface area (Å²) in [5.74, 6) is -2.45. The molecule has 17 nitrogen and oxygen atoms in total. The van der Waals surface area contributed by atoms with Gasteiger partial charge in [0, 0.05) is 19.3 Å². The van der Waals surface area contributed by atoms with Gasteiger partial charge in [0.25, 0.3) is 0 Å². The second kappa shape index (κ2) is 71.8. The summed E-state index contributed by atoms with van der Waals surface area (Å²) >= 11 is 0. The van der Waals surface area contributed by atoms with Gasteiger partial charge in [-0.3, -0.25) is 37.3 Å². The summed E-state index contributed by atoms with van der Waals surface area (Å²) in [7, 11) is -10.0. The van der Waals surface area contributed by atoms with Gasteiger partial charge in [-0.15, -0.1) is 0 Å². The van der Waals surface area contributed by atoms with Crippen molar-refractivity contribution in [3.8, 4) is 0 Å². The molecule has 5 atom stereocenters. The van der Waals surface area contributed by atoms with E-state index >= 15 is 0 Å². The van der Waals surface area contributed by atoms with Crippen molar-refractivity contribution in [1.29, 1.82) is 0 Å². The van der Waals surface area contributed by atoms with Gasteiger partial charge in [-0.25, -0.2) is 9.13 Å². The number of esters is 4. The summed E-state index contributed by atoms with van der Waals surface area (Å²) in [6, 6.07) is 0. The van der Waals surface area contributed by atoms with Crippen LogP contribution < -0.4 is 0 Å². The minimum absolute atomic E-state index is 0.0303. The third-order valence-electron chi connectivity index (χ3n) is 14.7. The summed E-state index contributed by atoms with van der Waals surface area (Å²) in [5, 5.41) is 10.6. The molecule has 3 N–H and O–H groups in total. The van der Waals surface area contributed by atoms with Crippen molar-refractivity contribution < 1.29 is 80.2 Å². The Kier molecular flexibility index (Phi) is 67.8. The minimum Gasteiger partial charge on any atom is -0.462 e. The lowest BCUT2D eigenvalue weighted by Crippen LogP contribution is -2.30. The number of aliphatic hydroxyl groups is 1. The van der Waals surface area contributed by atoms with E-state index in [1.807, 2.05) is 36.5 Å². The van der Waals surface area contributed by atoms with Crippen molar-refractivity contribution >= 4 is 39.5 Å². The maximum absolute atomic E-state index is 13.1. The molecule has 5 unspecified atom stereocenters. The predicted octanol–water partition coefficient (Wildman–Crippen LogP) is 21.4. The first kappa shape index (κ1) is 94.4. The van der Waals surface area contributed by atoms with Crippen LogP contribution in [0.4, 0.5) is 0 Å². The van der Waals surface area contributed by atoms with E-state index in [2.05, 4.69) is 155 Å². The van der Waals surface area contributed by atoms with Crippen molar-refractivity contribution in [3.05, 3.63) is 170 Å². The van der Waals surface area contributed by atoms with E-state index in [1.165, 1.54) is 38.5 Å². The van der Waals surface area contributed by atoms with Crippen molar-refractivity contribution in [2.75, 3.05) is 39.6 Å². The zero-order valence-corrected chi connectivity index (χ0v) is 63.3. The largest absolute Gasteiger partial charge is 0.472 e. The standard InChI is InChI=1S/C81H130O17P2/c1-5-9-13-17-21-25-29-32-35-36-37-38-41-43-47-50-54-58-62-66-79(84)91-71-76(97-80(85)67-63-59-55-51-45-28-24-20-16-12-8-4)73-95-99(87,88)93-69-75(82)70-94-100(89,90)96-74-77(98-81(86)68-64-60-56-52-48-44-40-34-31-27-23-19-15-11-7-3)72-92-78(83)65-61-57-53-49-46-42-39-33-30-26-22-18-14-10-6-2/h9-11,13-15,21-23,25-27,32-35,37-40,43,46-47,49,54,57-58,61,75-77,82H,5-8,12,16-20,24,28-31,36,41-42,44-45,48,50-53,55-56,59-60,62-74H2,1-4H3,(H,87,88)(H,89,90)/b13-9-,14-10-,15-11-,25-21-,26-22-,27-23-,35-32-,38-37-,39-33-,40-34-,47-43-,49-46-,58-54-,61-57-. The topological polar surface area (TPSA) is 237 Å². The molecule has 0 fully saturated rings. The second-order valence-electron chi connectivity index (χ2n) is 24.1. The third-order valence-corrected chi connectivity index (χ3v) is 16.6. The lowest BCUT2D eigenvalue weighted by atomic mass is 10.1. The molecule has 0 bridgehead atoms. The fourth-order valence-corrected chi connectivity index (χ4v) is 10.7. The van der Waals surface area contributed by atoms with Crippen LogP contribution in [0.1, 0.15) is 259 Å². The molecule has 0 aromatic rings. The van der Waals surface area contributed by atoms with E-state index in [1.54, 1.807) is 6.08 Å². The number of rotatable bonds is 68. The summed E-state index contributed by atoms with van der Waals surface area (Å²) < 4.78 is 68.2. The zero-order chi connectivity index (χ0) is 73.2. The van der Waals surface area contributed by atoms with Crippen LogP contribution in [-0.4, -0.2) is 96.7 Å². The maximum atomic E-state index is 13.1. The highest BCUT2D eigenvalue weighted by Crippen LogP contribution is 2.45. The molecule has 0 amide bonds. The summed E-state index contributed by atoms with van der Waals surface area (Å²) in [6.45, 7) is 4.27. The second-order valence-corrected chi connectivity index (χ2v) is 27.0. The molecule has 0 aromatic heterocycles. The first-order chi connectivity index (χ1) is 48.7. The molecule has 566 valence electrons. The smallest absolute Gasteiger partial charge is 0.462 e. The number of phosphoric acid groups is 2. The average molecular weight is 1440 g/mol. The quantitative estimate of drug-likeness (QED) is 0.0169. The summed E-state index contributed by atoms with van der Waals surface area (Å²) in [4.78, 5) is 72.7. The number of ether oxygens (including phenoxy) is 4. The SMILES string of the molecule is CC/C=C\C/C=C\C/C=C\C/C=C\C/C=C\C/C=C\CCC(=O)OCC(COP(=O)(O)OCC(O)COP(=O)(O)OCC(COC(=O)C/C=C\C/C=C\C/C=C\C/C=C\C/C=C\CC)OC(=O)CCCCCCC/C=C\C/C=C\C/C=C\CC)OC(=O)CCCCCCCCCCCCC. The minimum atomic E-state index is -5.01. The molecule has 0 spiro atoms. The van der Waals surface area contributed by atoms with Gasteiger partial charge in [0.15, 0.2) is 12.2 Å². The Bertz CT molecular complexity index is 2570. The molecular formula is C81H130O17P2. The fraction of sp³-hybridized carbons (Fsp3) is 0.605. The van der Waals surface area contributed by atoms with Crippen molar-refractivity contribution in [2.45, 2.75) is 277 Å². The van der Waals surface area contributed by atoms with Gasteiger partial charge in [-0.2, -0.15) is 0 Å². The molecule has 0 aliphatic heterocycles. The first-order valence-corrected chi connectivity index (χ1v) is 40.4. The zero-order valence-electron chi connectivity index (χ0n) is 61.5. The van der Waals surface area contributed by atoms with Gasteiger partial charge >= 0.3 is 39.5 Å². The Labute approximate surface area is 603 Å². The van der Waals surface area contributed by atoms with Crippen molar-refractivity contribution in [3.63, 3.8) is 0 Å². The van der Waals surface area contributed by atoms with Gasteiger partial charge in [0.1, 0.15) is 19.3 Å². The number of phosphoric ester groups is 2. The highest BCUT2D eigenvalue weighted by Gasteiger charge is 2.30. The number of hydrogen-bond donors (Lipinski definition) is 3. The number of aliphatic hydroxyl groups excluding tert-OH is 1. The molecule has 100 heavy (non-hydrogen) atoms. The molecule has 0 rings (SSSR count). The molecule has 0 radical (unpaired) electrons. The van der Waals surface area contributed by atoms with Gasteiger partial charge in [0.2, 0.25) is 0 Å². The van der Waals surface area contributed by atoms with Gasteiger partial charge in [-0.1, -0.05) is 281 Å². The van der Waals surface area contributed by atoms with Crippen LogP contribution in [0.5, 0.6) is 0 Å². The number of hydrogen-bond acceptors (Lipinski definition) is 15. The molecule has 0 aliphatic rings. The Morgan fingerprint density at radius 3 is 0.930 bits per heavy atom. The predicted molar refractivity (Wildman–Crippen MR) is 408 cm³/mol. The van der Waals surface area contributed by atoms with Crippen LogP contribution in [0.15, 0.2) is 170 Å². The van der Waals surface area contributed by atoms with Gasteiger partial charge < -0.3 is 33.8 Å². The number of carbonyl (C=O) groups excluding carboxylic acids is 4. The monoisotopic (exact) mass is 1440 g/mol. The fourth-order valence-electron chi connectivity index (χ4n) is 9.16. The molecule has 0 aliphatic carbocycles. The van der Waals surface area contributed by atoms with Crippen LogP contribution in [0.2, 0.25) is 0 Å². The van der Waals surface area contributed by atoms with E-state index < -0.39 is 97.5 Å². The number of unbranched alkanes of at least 4 members (excludes halogenated alkanes) is 15.